The predicted molar refractivity (Wildman–Crippen MR) is 69.8 cm³/mol. The highest BCUT2D eigenvalue weighted by atomic mass is 19.1. The van der Waals surface area contributed by atoms with Gasteiger partial charge in [-0.15, -0.1) is 0 Å². The van der Waals surface area contributed by atoms with E-state index in [1.165, 1.54) is 23.0 Å². The van der Waals surface area contributed by atoms with Crippen LogP contribution in [0.4, 0.5) is 15.8 Å². The van der Waals surface area contributed by atoms with Gasteiger partial charge in [0.25, 0.3) is 0 Å². The fraction of sp³-hybridized carbons (Fsp3) is 0.250. The maximum atomic E-state index is 12.7. The van der Waals surface area contributed by atoms with Crippen LogP contribution in [0.5, 0.6) is 0 Å². The molecule has 1 unspecified atom stereocenters. The van der Waals surface area contributed by atoms with Gasteiger partial charge in [0, 0.05) is 12.2 Å². The number of aliphatic hydroxyl groups excluding tert-OH is 1. The van der Waals surface area contributed by atoms with Crippen LogP contribution >= 0.6 is 0 Å². The Morgan fingerprint density at radius 1 is 1.45 bits per heavy atom. The van der Waals surface area contributed by atoms with E-state index >= 15 is 0 Å². The standard InChI is InChI=1S/C12H13FN4O3/c13-9-1-3-10(4-2-9)14-6-12(18)8-16-7-11(5-15-16)17(19)20/h1-5,7,12,14,18H,6,8H2. The molecule has 0 radical (unpaired) electrons. The van der Waals surface area contributed by atoms with Crippen LogP contribution in [0.1, 0.15) is 0 Å². The second-order valence-electron chi connectivity index (χ2n) is 4.22. The summed E-state index contributed by atoms with van der Waals surface area (Å²) >= 11 is 0. The van der Waals surface area contributed by atoms with E-state index in [9.17, 15) is 19.6 Å². The molecule has 0 saturated heterocycles. The molecule has 0 aliphatic carbocycles. The van der Waals surface area contributed by atoms with Crippen molar-refractivity contribution in [3.63, 3.8) is 0 Å². The van der Waals surface area contributed by atoms with Gasteiger partial charge in [0.05, 0.1) is 17.6 Å². The number of aromatic nitrogens is 2. The summed E-state index contributed by atoms with van der Waals surface area (Å²) in [6.45, 7) is 0.349. The maximum absolute atomic E-state index is 12.7. The number of hydrogen-bond acceptors (Lipinski definition) is 5. The Bertz CT molecular complexity index is 585. The lowest BCUT2D eigenvalue weighted by Gasteiger charge is -2.12. The minimum atomic E-state index is -0.778. The van der Waals surface area contributed by atoms with Crippen molar-refractivity contribution in [2.75, 3.05) is 11.9 Å². The second-order valence-corrected chi connectivity index (χ2v) is 4.22. The summed E-state index contributed by atoms with van der Waals surface area (Å²) in [6, 6.07) is 5.73. The van der Waals surface area contributed by atoms with E-state index in [4.69, 9.17) is 0 Å². The van der Waals surface area contributed by atoms with E-state index < -0.39 is 11.0 Å². The molecule has 0 amide bonds. The van der Waals surface area contributed by atoms with Gasteiger partial charge in [-0.3, -0.25) is 14.8 Å². The Morgan fingerprint density at radius 2 is 2.15 bits per heavy atom. The van der Waals surface area contributed by atoms with E-state index in [0.29, 0.717) is 5.69 Å². The normalized spacial score (nSPS) is 12.1. The van der Waals surface area contributed by atoms with Crippen LogP contribution in [-0.4, -0.2) is 32.5 Å². The molecule has 1 atom stereocenters. The van der Waals surface area contributed by atoms with E-state index in [2.05, 4.69) is 10.4 Å². The molecule has 0 saturated carbocycles. The summed E-state index contributed by atoms with van der Waals surface area (Å²) < 4.78 is 14.0. The quantitative estimate of drug-likeness (QED) is 0.616. The highest BCUT2D eigenvalue weighted by Crippen LogP contribution is 2.10. The Morgan fingerprint density at radius 3 is 2.75 bits per heavy atom. The Hall–Kier alpha value is -2.48. The molecule has 8 heteroatoms. The van der Waals surface area contributed by atoms with Crippen LogP contribution in [-0.2, 0) is 6.54 Å². The van der Waals surface area contributed by atoms with Crippen molar-refractivity contribution in [2.24, 2.45) is 0 Å². The molecule has 2 aromatic rings. The van der Waals surface area contributed by atoms with Gasteiger partial charge >= 0.3 is 5.69 Å². The number of anilines is 1. The fourth-order valence-electron chi connectivity index (χ4n) is 1.63. The highest BCUT2D eigenvalue weighted by Gasteiger charge is 2.11. The van der Waals surface area contributed by atoms with Crippen LogP contribution < -0.4 is 5.32 Å². The van der Waals surface area contributed by atoms with Gasteiger partial charge in [-0.2, -0.15) is 5.10 Å². The topological polar surface area (TPSA) is 93.2 Å². The van der Waals surface area contributed by atoms with Gasteiger partial charge in [-0.05, 0) is 24.3 Å². The van der Waals surface area contributed by atoms with E-state index in [1.54, 1.807) is 12.1 Å². The Labute approximate surface area is 113 Å². The molecule has 1 aromatic heterocycles. The number of aliphatic hydroxyl groups is 1. The Balaban J connectivity index is 1.84. The van der Waals surface area contributed by atoms with Crippen LogP contribution in [0.3, 0.4) is 0 Å². The number of nitro groups is 1. The van der Waals surface area contributed by atoms with Crippen LogP contribution in [0.25, 0.3) is 0 Å². The number of nitrogens with zero attached hydrogens (tertiary/aromatic N) is 3. The Kier molecular flexibility index (Phi) is 4.26. The molecule has 7 nitrogen and oxygen atoms in total. The van der Waals surface area contributed by atoms with Crippen molar-refractivity contribution in [3.8, 4) is 0 Å². The smallest absolute Gasteiger partial charge is 0.306 e. The van der Waals surface area contributed by atoms with Crippen LogP contribution in [0.2, 0.25) is 0 Å². The molecular formula is C12H13FN4O3. The third-order valence-electron chi connectivity index (χ3n) is 2.61. The number of hydrogen-bond donors (Lipinski definition) is 2. The van der Waals surface area contributed by atoms with E-state index in [-0.39, 0.29) is 24.6 Å². The first-order valence-electron chi connectivity index (χ1n) is 5.89. The van der Waals surface area contributed by atoms with Gasteiger partial charge < -0.3 is 10.4 Å². The third-order valence-corrected chi connectivity index (χ3v) is 2.61. The molecule has 0 bridgehead atoms. The molecule has 0 spiro atoms. The summed E-state index contributed by atoms with van der Waals surface area (Å²) in [7, 11) is 0. The molecule has 0 aliphatic heterocycles. The van der Waals surface area contributed by atoms with Gasteiger partial charge in [0.1, 0.15) is 18.2 Å². The lowest BCUT2D eigenvalue weighted by atomic mass is 10.3. The lowest BCUT2D eigenvalue weighted by molar-refractivity contribution is -0.385. The summed E-state index contributed by atoms with van der Waals surface area (Å²) in [6.07, 6.45) is 1.60. The molecule has 0 fully saturated rings. The van der Waals surface area contributed by atoms with Gasteiger partial charge in [0.15, 0.2) is 0 Å². The van der Waals surface area contributed by atoms with Crippen molar-refractivity contribution in [1.82, 2.24) is 9.78 Å². The molecule has 20 heavy (non-hydrogen) atoms. The van der Waals surface area contributed by atoms with Crippen LogP contribution in [0.15, 0.2) is 36.7 Å². The zero-order valence-electron chi connectivity index (χ0n) is 10.4. The summed E-state index contributed by atoms with van der Waals surface area (Å²) in [5.41, 5.74) is 0.556. The number of benzene rings is 1. The SMILES string of the molecule is O=[N+]([O-])c1cnn(CC(O)CNc2ccc(F)cc2)c1. The number of halogens is 1. The van der Waals surface area contributed by atoms with Gasteiger partial charge in [-0.1, -0.05) is 0 Å². The monoisotopic (exact) mass is 280 g/mol. The zero-order valence-corrected chi connectivity index (χ0v) is 10.4. The summed E-state index contributed by atoms with van der Waals surface area (Å²) in [5.74, 6) is -0.333. The largest absolute Gasteiger partial charge is 0.389 e. The van der Waals surface area contributed by atoms with Gasteiger partial charge in [-0.25, -0.2) is 4.39 Å². The van der Waals surface area contributed by atoms with Crippen molar-refractivity contribution in [3.05, 3.63) is 52.6 Å². The van der Waals surface area contributed by atoms with Crippen LogP contribution in [0, 0.1) is 15.9 Å². The lowest BCUT2D eigenvalue weighted by Crippen LogP contribution is -2.25. The first kappa shape index (κ1) is 13.9. The third kappa shape index (κ3) is 3.75. The van der Waals surface area contributed by atoms with Crippen molar-refractivity contribution in [2.45, 2.75) is 12.6 Å². The minimum absolute atomic E-state index is 0.122. The maximum Gasteiger partial charge on any atom is 0.306 e. The molecular weight excluding hydrogens is 267 g/mol. The average Bonchev–Trinajstić information content (AvgIpc) is 2.87. The predicted octanol–water partition coefficient (Wildman–Crippen LogP) is 1.40. The second kappa shape index (κ2) is 6.11. The minimum Gasteiger partial charge on any atom is -0.389 e. The molecule has 1 heterocycles. The fourth-order valence-corrected chi connectivity index (χ4v) is 1.63. The summed E-state index contributed by atoms with van der Waals surface area (Å²) in [4.78, 5) is 9.94. The first-order chi connectivity index (χ1) is 9.54. The van der Waals surface area contributed by atoms with E-state index in [0.717, 1.165) is 6.20 Å². The van der Waals surface area contributed by atoms with E-state index in [1.807, 2.05) is 0 Å². The zero-order chi connectivity index (χ0) is 14.5. The average molecular weight is 280 g/mol. The van der Waals surface area contributed by atoms with Crippen molar-refractivity contribution in [1.29, 1.82) is 0 Å². The summed E-state index contributed by atoms with van der Waals surface area (Å²) in [5, 5.41) is 27.0. The van der Waals surface area contributed by atoms with Crippen molar-refractivity contribution < 1.29 is 14.4 Å². The molecule has 2 N–H and O–H groups in total. The van der Waals surface area contributed by atoms with Gasteiger partial charge in [0.2, 0.25) is 0 Å². The molecule has 0 aliphatic rings. The van der Waals surface area contributed by atoms with Crippen molar-refractivity contribution >= 4 is 11.4 Å². The number of nitrogens with one attached hydrogen (secondary N) is 1. The molecule has 1 aromatic carbocycles. The molecule has 106 valence electrons. The highest BCUT2D eigenvalue weighted by molar-refractivity contribution is 5.42. The number of rotatable bonds is 6. The molecule has 2 rings (SSSR count). The first-order valence-corrected chi connectivity index (χ1v) is 5.89.